The molecule has 0 radical (unpaired) electrons. The number of allylic oxidation sites excluding steroid dienone is 1. The summed E-state index contributed by atoms with van der Waals surface area (Å²) in [5, 5.41) is 9.48. The van der Waals surface area contributed by atoms with Gasteiger partial charge in [0.25, 0.3) is 0 Å². The van der Waals surface area contributed by atoms with Crippen molar-refractivity contribution in [3.63, 3.8) is 0 Å². The summed E-state index contributed by atoms with van der Waals surface area (Å²) in [6.07, 6.45) is 1.72. The molecule has 0 fully saturated rings. The number of hydrogen-bond donors (Lipinski definition) is 0. The highest BCUT2D eigenvalue weighted by Crippen LogP contribution is 2.24. The fourth-order valence-electron chi connectivity index (χ4n) is 2.34. The summed E-state index contributed by atoms with van der Waals surface area (Å²) in [6, 6.07) is 13.7. The molecule has 0 bridgehead atoms. The number of para-hydroxylation sites is 2. The van der Waals surface area contributed by atoms with Crippen molar-refractivity contribution in [2.24, 2.45) is 7.05 Å². The van der Waals surface area contributed by atoms with Crippen LogP contribution in [0.3, 0.4) is 0 Å². The van der Waals surface area contributed by atoms with E-state index in [1.54, 1.807) is 6.08 Å². The lowest BCUT2D eigenvalue weighted by atomic mass is 10.2. The molecule has 0 amide bonds. The van der Waals surface area contributed by atoms with E-state index in [0.717, 1.165) is 16.9 Å². The predicted molar refractivity (Wildman–Crippen MR) is 87.2 cm³/mol. The average Bonchev–Trinajstić information content (AvgIpc) is 3.11. The van der Waals surface area contributed by atoms with Gasteiger partial charge in [0.05, 0.1) is 16.6 Å². The summed E-state index contributed by atoms with van der Waals surface area (Å²) in [5.41, 5.74) is 2.33. The van der Waals surface area contributed by atoms with Crippen molar-refractivity contribution in [1.29, 1.82) is 5.26 Å². The van der Waals surface area contributed by atoms with Gasteiger partial charge in [-0.2, -0.15) is 5.26 Å². The molecule has 0 unspecified atom stereocenters. The number of imidazole rings is 1. The van der Waals surface area contributed by atoms with Gasteiger partial charge in [0, 0.05) is 33.3 Å². The lowest BCUT2D eigenvalue weighted by molar-refractivity contribution is 0.555. The van der Waals surface area contributed by atoms with Crippen molar-refractivity contribution < 1.29 is 4.42 Å². The van der Waals surface area contributed by atoms with Gasteiger partial charge < -0.3 is 13.9 Å². The highest BCUT2D eigenvalue weighted by molar-refractivity contribution is 5.90. The smallest absolute Gasteiger partial charge is 0.195 e. The van der Waals surface area contributed by atoms with Crippen LogP contribution >= 0.6 is 0 Å². The number of fused-ring (bicyclic) bond motifs is 1. The molecule has 5 nitrogen and oxygen atoms in total. The maximum atomic E-state index is 9.48. The number of benzene rings is 1. The molecular weight excluding hydrogens is 276 g/mol. The van der Waals surface area contributed by atoms with Gasteiger partial charge in [0.15, 0.2) is 11.7 Å². The van der Waals surface area contributed by atoms with Crippen molar-refractivity contribution in [2.75, 3.05) is 19.0 Å². The molecule has 3 rings (SSSR count). The Labute approximate surface area is 128 Å². The number of nitrogens with zero attached hydrogens (tertiary/aromatic N) is 4. The number of furan rings is 1. The van der Waals surface area contributed by atoms with Crippen molar-refractivity contribution in [3.05, 3.63) is 48.0 Å². The SMILES string of the molecule is CN(C)c1ccc(/C=C(/C#N)c2nc3ccccc3n2C)o1. The largest absolute Gasteiger partial charge is 0.441 e. The van der Waals surface area contributed by atoms with Crippen molar-refractivity contribution in [1.82, 2.24) is 9.55 Å². The maximum Gasteiger partial charge on any atom is 0.195 e. The van der Waals surface area contributed by atoms with Gasteiger partial charge in [-0.25, -0.2) is 4.98 Å². The Morgan fingerprint density at radius 1 is 1.27 bits per heavy atom. The van der Waals surface area contributed by atoms with E-state index in [4.69, 9.17) is 4.42 Å². The molecule has 0 aliphatic carbocycles. The van der Waals surface area contributed by atoms with Gasteiger partial charge in [-0.05, 0) is 18.2 Å². The van der Waals surface area contributed by atoms with Gasteiger partial charge >= 0.3 is 0 Å². The van der Waals surface area contributed by atoms with E-state index >= 15 is 0 Å². The van der Waals surface area contributed by atoms with Crippen LogP contribution in [-0.2, 0) is 7.05 Å². The van der Waals surface area contributed by atoms with Gasteiger partial charge in [-0.3, -0.25) is 0 Å². The third-order valence-electron chi connectivity index (χ3n) is 3.49. The molecule has 2 aromatic heterocycles. The van der Waals surface area contributed by atoms with Crippen LogP contribution in [0.2, 0.25) is 0 Å². The molecule has 0 spiro atoms. The van der Waals surface area contributed by atoms with Crippen LogP contribution in [0.1, 0.15) is 11.6 Å². The Morgan fingerprint density at radius 3 is 2.68 bits per heavy atom. The molecule has 0 atom stereocenters. The molecule has 0 aliphatic heterocycles. The maximum absolute atomic E-state index is 9.48. The summed E-state index contributed by atoms with van der Waals surface area (Å²) in [7, 11) is 5.72. The van der Waals surface area contributed by atoms with E-state index in [0.29, 0.717) is 17.2 Å². The van der Waals surface area contributed by atoms with Crippen molar-refractivity contribution >= 4 is 28.6 Å². The second-order valence-electron chi connectivity index (χ2n) is 5.22. The third-order valence-corrected chi connectivity index (χ3v) is 3.49. The Bertz CT molecular complexity index is 893. The number of nitriles is 1. The summed E-state index contributed by atoms with van der Waals surface area (Å²) in [4.78, 5) is 6.42. The quantitative estimate of drug-likeness (QED) is 0.695. The van der Waals surface area contributed by atoms with Crippen LogP contribution in [-0.4, -0.2) is 23.6 Å². The molecule has 0 saturated carbocycles. The van der Waals surface area contributed by atoms with Gasteiger partial charge in [0.2, 0.25) is 0 Å². The van der Waals surface area contributed by atoms with Gasteiger partial charge in [-0.15, -0.1) is 0 Å². The number of anilines is 1. The number of rotatable bonds is 3. The summed E-state index contributed by atoms with van der Waals surface area (Å²) in [6.45, 7) is 0. The molecule has 3 aromatic rings. The zero-order valence-electron chi connectivity index (χ0n) is 12.7. The zero-order valence-corrected chi connectivity index (χ0v) is 12.7. The van der Waals surface area contributed by atoms with Gasteiger partial charge in [0.1, 0.15) is 11.8 Å². The molecule has 2 heterocycles. The van der Waals surface area contributed by atoms with E-state index < -0.39 is 0 Å². The Morgan fingerprint density at radius 2 is 2.05 bits per heavy atom. The number of aromatic nitrogens is 2. The molecule has 0 N–H and O–H groups in total. The standard InChI is InChI=1S/C17H16N4O/c1-20(2)16-9-8-13(22-16)10-12(11-18)17-19-14-6-4-5-7-15(14)21(17)3/h4-10H,1-3H3/b12-10-. The summed E-state index contributed by atoms with van der Waals surface area (Å²) in [5.74, 6) is 2.01. The minimum Gasteiger partial charge on any atom is -0.441 e. The molecule has 5 heteroatoms. The first-order chi connectivity index (χ1) is 10.6. The average molecular weight is 292 g/mol. The van der Waals surface area contributed by atoms with E-state index in [1.807, 2.05) is 67.0 Å². The minimum absolute atomic E-state index is 0.471. The molecule has 0 aliphatic rings. The van der Waals surface area contributed by atoms with Crippen LogP contribution < -0.4 is 4.90 Å². The van der Waals surface area contributed by atoms with Crippen molar-refractivity contribution in [2.45, 2.75) is 0 Å². The van der Waals surface area contributed by atoms with E-state index in [2.05, 4.69) is 11.1 Å². The monoisotopic (exact) mass is 292 g/mol. The molecule has 1 aromatic carbocycles. The first-order valence-corrected chi connectivity index (χ1v) is 6.91. The lowest BCUT2D eigenvalue weighted by Crippen LogP contribution is -2.06. The van der Waals surface area contributed by atoms with Gasteiger partial charge in [-0.1, -0.05) is 12.1 Å². The van der Waals surface area contributed by atoms with E-state index in [1.165, 1.54) is 0 Å². The molecule has 110 valence electrons. The molecule has 0 saturated heterocycles. The van der Waals surface area contributed by atoms with Crippen LogP contribution in [0, 0.1) is 11.3 Å². The Kier molecular flexibility index (Phi) is 3.43. The predicted octanol–water partition coefficient (Wildman–Crippen LogP) is 3.30. The molecular formula is C17H16N4O. The number of aryl methyl sites for hydroxylation is 1. The Balaban J connectivity index is 2.07. The first kappa shape index (κ1) is 14.0. The third kappa shape index (κ3) is 2.35. The fourth-order valence-corrected chi connectivity index (χ4v) is 2.34. The minimum atomic E-state index is 0.471. The number of hydrogen-bond acceptors (Lipinski definition) is 4. The highest BCUT2D eigenvalue weighted by atomic mass is 16.4. The van der Waals surface area contributed by atoms with E-state index in [-0.39, 0.29) is 0 Å². The molecule has 22 heavy (non-hydrogen) atoms. The second kappa shape index (κ2) is 5.41. The van der Waals surface area contributed by atoms with E-state index in [9.17, 15) is 5.26 Å². The highest BCUT2D eigenvalue weighted by Gasteiger charge is 2.12. The lowest BCUT2D eigenvalue weighted by Gasteiger charge is -2.06. The summed E-state index contributed by atoms with van der Waals surface area (Å²) < 4.78 is 7.59. The second-order valence-corrected chi connectivity index (χ2v) is 5.22. The van der Waals surface area contributed by atoms with Crippen LogP contribution in [0.5, 0.6) is 0 Å². The van der Waals surface area contributed by atoms with Crippen molar-refractivity contribution in [3.8, 4) is 6.07 Å². The summed E-state index contributed by atoms with van der Waals surface area (Å²) >= 11 is 0. The zero-order chi connectivity index (χ0) is 15.7. The van der Waals surface area contributed by atoms with Crippen LogP contribution in [0.25, 0.3) is 22.7 Å². The fraction of sp³-hybridized carbons (Fsp3) is 0.176. The van der Waals surface area contributed by atoms with Crippen LogP contribution in [0.4, 0.5) is 5.88 Å². The topological polar surface area (TPSA) is 58.0 Å². The van der Waals surface area contributed by atoms with Crippen LogP contribution in [0.15, 0.2) is 40.8 Å². The Hall–Kier alpha value is -3.00. The first-order valence-electron chi connectivity index (χ1n) is 6.91. The normalized spacial score (nSPS) is 11.6.